The number of hydrogen-bond donors (Lipinski definition) is 2. The Balaban J connectivity index is 2.44. The van der Waals surface area contributed by atoms with Gasteiger partial charge in [0.25, 0.3) is 6.43 Å². The highest BCUT2D eigenvalue weighted by Crippen LogP contribution is 2.45. The highest BCUT2D eigenvalue weighted by atomic mass is 19.3. The molecule has 1 fully saturated rings. The molecule has 0 radical (unpaired) electrons. The Labute approximate surface area is 72.9 Å². The molecule has 1 aliphatic rings. The zero-order valence-corrected chi connectivity index (χ0v) is 6.72. The van der Waals surface area contributed by atoms with Gasteiger partial charge >= 0.3 is 5.97 Å². The van der Waals surface area contributed by atoms with Gasteiger partial charge in [0.05, 0.1) is 6.54 Å². The van der Waals surface area contributed by atoms with Crippen molar-refractivity contribution in [1.29, 1.82) is 0 Å². The quantitative estimate of drug-likeness (QED) is 0.628. The number of hydrogen-bond acceptors (Lipinski definition) is 2. The molecule has 0 saturated heterocycles. The van der Waals surface area contributed by atoms with Gasteiger partial charge in [0, 0.05) is 0 Å². The van der Waals surface area contributed by atoms with Gasteiger partial charge in [-0.25, -0.2) is 8.78 Å². The van der Waals surface area contributed by atoms with Crippen LogP contribution in [0.1, 0.15) is 12.8 Å². The average molecular weight is 193 g/mol. The number of alkyl halides is 2. The summed E-state index contributed by atoms with van der Waals surface area (Å²) in [7, 11) is 0. The molecule has 1 aliphatic carbocycles. The fourth-order valence-electron chi connectivity index (χ4n) is 1.00. The number of carbonyl (C=O) groups excluding carboxylic acids is 1. The summed E-state index contributed by atoms with van der Waals surface area (Å²) in [6.45, 7) is -0.784. The molecule has 0 aliphatic heterocycles. The van der Waals surface area contributed by atoms with E-state index < -0.39 is 30.3 Å². The Morgan fingerprint density at radius 2 is 2.00 bits per heavy atom. The minimum absolute atomic E-state index is 0.234. The molecule has 13 heavy (non-hydrogen) atoms. The number of rotatable bonds is 4. The van der Waals surface area contributed by atoms with E-state index in [-0.39, 0.29) is 12.8 Å². The van der Waals surface area contributed by atoms with E-state index in [1.54, 1.807) is 0 Å². The first-order valence-corrected chi connectivity index (χ1v) is 3.79. The van der Waals surface area contributed by atoms with Crippen LogP contribution in [0.4, 0.5) is 8.78 Å². The van der Waals surface area contributed by atoms with E-state index in [4.69, 9.17) is 5.11 Å². The zero-order valence-electron chi connectivity index (χ0n) is 6.72. The topological polar surface area (TPSA) is 66.4 Å². The minimum Gasteiger partial charge on any atom is -0.480 e. The van der Waals surface area contributed by atoms with E-state index >= 15 is 0 Å². The van der Waals surface area contributed by atoms with Crippen LogP contribution in [0, 0.1) is 5.41 Å². The number of carbonyl (C=O) groups is 2. The maximum Gasteiger partial charge on any atom is 0.319 e. The highest BCUT2D eigenvalue weighted by Gasteiger charge is 2.57. The average Bonchev–Trinajstić information content (AvgIpc) is 2.79. The maximum absolute atomic E-state index is 11.6. The molecule has 1 rings (SSSR count). The smallest absolute Gasteiger partial charge is 0.319 e. The van der Waals surface area contributed by atoms with Gasteiger partial charge in [0.1, 0.15) is 5.41 Å². The molecule has 1 amide bonds. The molecule has 0 aromatic heterocycles. The number of carboxylic acid groups (broad SMARTS) is 1. The standard InChI is InChI=1S/C7H9F2NO3/c8-4(9)3-10-5(11)7(1-2-7)6(12)13/h4H,1-3H2,(H,10,11)(H,12,13). The second-order valence-corrected chi connectivity index (χ2v) is 2.99. The third kappa shape index (κ3) is 1.93. The lowest BCUT2D eigenvalue weighted by Gasteiger charge is -2.09. The van der Waals surface area contributed by atoms with Crippen LogP contribution < -0.4 is 5.32 Å². The van der Waals surface area contributed by atoms with Crippen LogP contribution in [0.25, 0.3) is 0 Å². The molecule has 0 spiro atoms. The SMILES string of the molecule is O=C(O)C1(C(=O)NCC(F)F)CC1. The first-order valence-electron chi connectivity index (χ1n) is 3.79. The largest absolute Gasteiger partial charge is 0.480 e. The summed E-state index contributed by atoms with van der Waals surface area (Å²) < 4.78 is 23.3. The Hall–Kier alpha value is -1.20. The second-order valence-electron chi connectivity index (χ2n) is 2.99. The third-order valence-corrected chi connectivity index (χ3v) is 2.01. The van der Waals surface area contributed by atoms with Crippen molar-refractivity contribution >= 4 is 11.9 Å². The molecule has 4 nitrogen and oxygen atoms in total. The van der Waals surface area contributed by atoms with Crippen LogP contribution in [0.15, 0.2) is 0 Å². The van der Waals surface area contributed by atoms with E-state index in [1.807, 2.05) is 5.32 Å². The summed E-state index contributed by atoms with van der Waals surface area (Å²) in [6, 6.07) is 0. The molecule has 0 bridgehead atoms. The van der Waals surface area contributed by atoms with Gasteiger partial charge in [0.2, 0.25) is 5.91 Å². The predicted octanol–water partition coefficient (Wildman–Crippen LogP) is 0.232. The number of nitrogens with one attached hydrogen (secondary N) is 1. The fourth-order valence-corrected chi connectivity index (χ4v) is 1.00. The Kier molecular flexibility index (Phi) is 2.49. The molecule has 0 unspecified atom stereocenters. The zero-order chi connectivity index (χ0) is 10.1. The van der Waals surface area contributed by atoms with E-state index in [2.05, 4.69) is 0 Å². The lowest BCUT2D eigenvalue weighted by Crippen LogP contribution is -2.39. The fraction of sp³-hybridized carbons (Fsp3) is 0.714. The summed E-state index contributed by atoms with van der Waals surface area (Å²) in [5.74, 6) is -2.04. The van der Waals surface area contributed by atoms with Gasteiger partial charge in [0.15, 0.2) is 0 Å². The Bertz CT molecular complexity index is 238. The van der Waals surface area contributed by atoms with Crippen LogP contribution in [0.5, 0.6) is 0 Å². The molecule has 74 valence electrons. The van der Waals surface area contributed by atoms with E-state index in [0.717, 1.165) is 0 Å². The van der Waals surface area contributed by atoms with Crippen molar-refractivity contribution in [3.8, 4) is 0 Å². The number of halogens is 2. The summed E-state index contributed by atoms with van der Waals surface area (Å²) in [6.07, 6.45) is -2.18. The molecule has 0 atom stereocenters. The molecule has 2 N–H and O–H groups in total. The third-order valence-electron chi connectivity index (χ3n) is 2.01. The second kappa shape index (κ2) is 3.27. The van der Waals surface area contributed by atoms with Gasteiger partial charge in [-0.2, -0.15) is 0 Å². The normalized spacial score (nSPS) is 18.4. The lowest BCUT2D eigenvalue weighted by molar-refractivity contribution is -0.149. The van der Waals surface area contributed by atoms with Crippen molar-refractivity contribution in [2.75, 3.05) is 6.54 Å². The van der Waals surface area contributed by atoms with Crippen molar-refractivity contribution < 1.29 is 23.5 Å². The van der Waals surface area contributed by atoms with Crippen LogP contribution in [-0.4, -0.2) is 30.0 Å². The summed E-state index contributed by atoms with van der Waals surface area (Å²) in [5, 5.41) is 10.5. The summed E-state index contributed by atoms with van der Waals surface area (Å²) in [4.78, 5) is 21.6. The molecule has 0 heterocycles. The van der Waals surface area contributed by atoms with Crippen molar-refractivity contribution in [2.45, 2.75) is 19.3 Å². The van der Waals surface area contributed by atoms with Gasteiger partial charge < -0.3 is 10.4 Å². The Morgan fingerprint density at radius 3 is 2.31 bits per heavy atom. The summed E-state index contributed by atoms with van der Waals surface area (Å²) >= 11 is 0. The minimum atomic E-state index is -2.64. The van der Waals surface area contributed by atoms with Gasteiger partial charge in [-0.1, -0.05) is 0 Å². The molecule has 1 saturated carbocycles. The van der Waals surface area contributed by atoms with Crippen molar-refractivity contribution in [2.24, 2.45) is 5.41 Å². The predicted molar refractivity (Wildman–Crippen MR) is 38.3 cm³/mol. The molecule has 0 aromatic carbocycles. The highest BCUT2D eigenvalue weighted by molar-refractivity contribution is 6.04. The Morgan fingerprint density at radius 1 is 1.46 bits per heavy atom. The molecular formula is C7H9F2NO3. The van der Waals surface area contributed by atoms with Crippen LogP contribution in [0.2, 0.25) is 0 Å². The number of amides is 1. The van der Waals surface area contributed by atoms with E-state index in [0.29, 0.717) is 0 Å². The van der Waals surface area contributed by atoms with Gasteiger partial charge in [-0.15, -0.1) is 0 Å². The molecular weight excluding hydrogens is 184 g/mol. The van der Waals surface area contributed by atoms with Crippen LogP contribution in [-0.2, 0) is 9.59 Å². The first kappa shape index (κ1) is 9.88. The molecule has 6 heteroatoms. The first-order chi connectivity index (χ1) is 5.99. The van der Waals surface area contributed by atoms with Crippen molar-refractivity contribution in [3.63, 3.8) is 0 Å². The number of aliphatic carboxylic acids is 1. The molecule has 0 aromatic rings. The monoisotopic (exact) mass is 193 g/mol. The van der Waals surface area contributed by atoms with Crippen LogP contribution in [0.3, 0.4) is 0 Å². The van der Waals surface area contributed by atoms with Crippen LogP contribution >= 0.6 is 0 Å². The van der Waals surface area contributed by atoms with Gasteiger partial charge in [-0.05, 0) is 12.8 Å². The van der Waals surface area contributed by atoms with Crippen molar-refractivity contribution in [1.82, 2.24) is 5.32 Å². The van der Waals surface area contributed by atoms with E-state index in [1.165, 1.54) is 0 Å². The van der Waals surface area contributed by atoms with E-state index in [9.17, 15) is 18.4 Å². The maximum atomic E-state index is 11.6. The van der Waals surface area contributed by atoms with Crippen molar-refractivity contribution in [3.05, 3.63) is 0 Å². The lowest BCUT2D eigenvalue weighted by atomic mass is 10.1. The van der Waals surface area contributed by atoms with Gasteiger partial charge in [-0.3, -0.25) is 9.59 Å². The summed E-state index contributed by atoms with van der Waals surface area (Å²) in [5.41, 5.74) is -1.42. The number of carboxylic acids is 1.